The van der Waals surface area contributed by atoms with Gasteiger partial charge in [-0.3, -0.25) is 4.79 Å². The number of carbonyl (C=O) groups is 2. The molecule has 3 N–H and O–H groups in total. The fourth-order valence-corrected chi connectivity index (χ4v) is 6.86. The molecule has 0 aromatic heterocycles. The van der Waals surface area contributed by atoms with E-state index in [4.69, 9.17) is 14.0 Å². The van der Waals surface area contributed by atoms with Crippen LogP contribution in [0.2, 0.25) is 0 Å². The topological polar surface area (TPSA) is 140 Å². The average molecular weight is 558 g/mol. The first-order chi connectivity index (χ1) is 17.6. The molecule has 1 aromatic rings. The number of amides is 1. The Balaban J connectivity index is 1.63. The number of carbonyl (C=O) groups excluding carboxylic acids is 1. The molecule has 1 amide bonds. The van der Waals surface area contributed by atoms with Crippen LogP contribution in [-0.2, 0) is 30.5 Å². The zero-order valence-electron chi connectivity index (χ0n) is 22.0. The van der Waals surface area contributed by atoms with Crippen LogP contribution in [0.5, 0.6) is 5.75 Å². The summed E-state index contributed by atoms with van der Waals surface area (Å²) in [7, 11) is -3.34. The molecule has 1 saturated heterocycles. The van der Waals surface area contributed by atoms with Gasteiger partial charge in [0.05, 0.1) is 31.0 Å². The lowest BCUT2D eigenvalue weighted by atomic mass is 9.43. The lowest BCUT2D eigenvalue weighted by molar-refractivity contribution is -0.199. The van der Waals surface area contributed by atoms with Crippen molar-refractivity contribution in [2.24, 2.45) is 17.3 Å². The highest BCUT2D eigenvalue weighted by molar-refractivity contribution is 7.88. The number of nitrogens with one attached hydrogen (secondary N) is 2. The van der Waals surface area contributed by atoms with Crippen molar-refractivity contribution >= 4 is 29.0 Å². The van der Waals surface area contributed by atoms with Crippen LogP contribution in [0.4, 0.5) is 8.78 Å². The second-order valence-electron chi connectivity index (χ2n) is 11.2. The molecule has 5 atom stereocenters. The maximum atomic E-state index is 14.4. The van der Waals surface area contributed by atoms with Gasteiger partial charge in [-0.15, -0.1) is 0 Å². The minimum Gasteiger partial charge on any atom is -0.495 e. The number of hydrogen-bond donors (Lipinski definition) is 3. The number of halogens is 2. The Kier molecular flexibility index (Phi) is 7.58. The Labute approximate surface area is 221 Å². The number of aromatic carboxylic acids is 1. The van der Waals surface area contributed by atoms with Gasteiger partial charge in [0.1, 0.15) is 11.3 Å². The van der Waals surface area contributed by atoms with Gasteiger partial charge in [0.2, 0.25) is 15.9 Å². The minimum atomic E-state index is -3.51. The first-order valence-electron chi connectivity index (χ1n) is 12.4. The van der Waals surface area contributed by atoms with E-state index in [1.807, 2.05) is 6.92 Å². The number of hydrogen-bond acceptors (Lipinski definition) is 7. The van der Waals surface area contributed by atoms with Crippen molar-refractivity contribution in [3.8, 4) is 5.75 Å². The summed E-state index contributed by atoms with van der Waals surface area (Å²) >= 11 is 0. The minimum absolute atomic E-state index is 0.000198. The molecule has 2 bridgehead atoms. The first kappa shape index (κ1) is 28.7. The molecule has 14 heteroatoms. The third-order valence-corrected chi connectivity index (χ3v) is 9.20. The van der Waals surface area contributed by atoms with Crippen LogP contribution < -0.4 is 14.8 Å². The second kappa shape index (κ2) is 10.0. The molecule has 1 heterocycles. The van der Waals surface area contributed by atoms with Gasteiger partial charge in [-0.1, -0.05) is 13.8 Å². The number of sulfonamides is 1. The molecule has 1 aromatic carbocycles. The summed E-state index contributed by atoms with van der Waals surface area (Å²) in [5.74, 6) is -5.81. The van der Waals surface area contributed by atoms with Crippen molar-refractivity contribution in [3.63, 3.8) is 0 Å². The molecule has 5 unspecified atom stereocenters. The fraction of sp³-hybridized carbons (Fsp3) is 0.667. The van der Waals surface area contributed by atoms with E-state index in [-0.39, 0.29) is 48.1 Å². The molecule has 10 nitrogen and oxygen atoms in total. The average Bonchev–Trinajstić information content (AvgIpc) is 3.16. The van der Waals surface area contributed by atoms with E-state index < -0.39 is 57.8 Å². The van der Waals surface area contributed by atoms with Crippen molar-refractivity contribution in [1.29, 1.82) is 0 Å². The number of carboxylic acids is 1. The van der Waals surface area contributed by atoms with Crippen LogP contribution in [0.15, 0.2) is 6.07 Å². The standard InChI is InChI=1S/C24H33BF2N2O8S/c1-23(2)13-10-15(23)24(3)16(11-13)36-25(37-24)17(29-18(30)6-7-28-38(5,33)34)9-12-8-14(26)20(27)19(22(31)32)21(12)35-4/h8,13,15-17,28H,6-7,9-11H2,1-5H3,(H,29,30)(H,31,32). The van der Waals surface area contributed by atoms with Crippen LogP contribution >= 0.6 is 0 Å². The van der Waals surface area contributed by atoms with Gasteiger partial charge >= 0.3 is 13.1 Å². The van der Waals surface area contributed by atoms with Crippen LogP contribution in [0.3, 0.4) is 0 Å². The summed E-state index contributed by atoms with van der Waals surface area (Å²) in [4.78, 5) is 24.5. The first-order valence-corrected chi connectivity index (χ1v) is 14.3. The van der Waals surface area contributed by atoms with Crippen LogP contribution in [0.1, 0.15) is 56.0 Å². The van der Waals surface area contributed by atoms with E-state index in [2.05, 4.69) is 23.9 Å². The van der Waals surface area contributed by atoms with E-state index in [1.165, 1.54) is 0 Å². The third-order valence-electron chi connectivity index (χ3n) is 8.47. The van der Waals surface area contributed by atoms with Gasteiger partial charge in [-0.2, -0.15) is 0 Å². The molecular formula is C24H33BF2N2O8S. The zero-order valence-corrected chi connectivity index (χ0v) is 22.8. The molecule has 3 aliphatic carbocycles. The molecule has 0 spiro atoms. The van der Waals surface area contributed by atoms with Crippen molar-refractivity contribution in [1.82, 2.24) is 10.0 Å². The lowest BCUT2D eigenvalue weighted by Crippen LogP contribution is -2.65. The lowest BCUT2D eigenvalue weighted by Gasteiger charge is -2.64. The molecule has 3 saturated carbocycles. The highest BCUT2D eigenvalue weighted by atomic mass is 32.2. The monoisotopic (exact) mass is 558 g/mol. The maximum absolute atomic E-state index is 14.4. The van der Waals surface area contributed by atoms with Crippen molar-refractivity contribution in [2.75, 3.05) is 19.9 Å². The van der Waals surface area contributed by atoms with Gasteiger partial charge < -0.3 is 24.5 Å². The normalized spacial score (nSPS) is 28.3. The Morgan fingerprint density at radius 1 is 1.29 bits per heavy atom. The molecule has 210 valence electrons. The van der Waals surface area contributed by atoms with E-state index >= 15 is 0 Å². The van der Waals surface area contributed by atoms with Crippen molar-refractivity contribution < 1.29 is 45.9 Å². The predicted molar refractivity (Wildman–Crippen MR) is 133 cm³/mol. The molecule has 38 heavy (non-hydrogen) atoms. The Hall–Kier alpha value is -2.29. The van der Waals surface area contributed by atoms with Crippen LogP contribution in [0, 0.1) is 28.9 Å². The quantitative estimate of drug-likeness (QED) is 0.370. The van der Waals surface area contributed by atoms with Crippen molar-refractivity contribution in [3.05, 3.63) is 28.8 Å². The van der Waals surface area contributed by atoms with E-state index in [0.29, 0.717) is 5.92 Å². The third kappa shape index (κ3) is 5.15. The number of benzene rings is 1. The molecule has 5 rings (SSSR count). The van der Waals surface area contributed by atoms with Gasteiger partial charge in [-0.25, -0.2) is 26.7 Å². The van der Waals surface area contributed by atoms with Gasteiger partial charge in [0.25, 0.3) is 0 Å². The van der Waals surface area contributed by atoms with E-state index in [9.17, 15) is 31.9 Å². The number of ether oxygens (including phenoxy) is 1. The van der Waals surface area contributed by atoms with E-state index in [1.54, 1.807) is 0 Å². The SMILES string of the molecule is COc1c(CC(NC(=O)CCNS(C)(=O)=O)B2OC3CC4CC(C4(C)C)C3(C)O2)cc(F)c(F)c1C(=O)O. The molecule has 1 aliphatic heterocycles. The summed E-state index contributed by atoms with van der Waals surface area (Å²) in [6.07, 6.45) is 2.09. The Morgan fingerprint density at radius 2 is 1.97 bits per heavy atom. The highest BCUT2D eigenvalue weighted by Crippen LogP contribution is 2.65. The summed E-state index contributed by atoms with van der Waals surface area (Å²) < 4.78 is 71.6. The summed E-state index contributed by atoms with van der Waals surface area (Å²) in [6.45, 7) is 6.21. The summed E-state index contributed by atoms with van der Waals surface area (Å²) in [5.41, 5.74) is -1.53. The molecule has 4 aliphatic rings. The highest BCUT2D eigenvalue weighted by Gasteiger charge is 2.68. The van der Waals surface area contributed by atoms with Gasteiger partial charge in [0.15, 0.2) is 11.6 Å². The van der Waals surface area contributed by atoms with E-state index in [0.717, 1.165) is 32.3 Å². The molecular weight excluding hydrogens is 525 g/mol. The van der Waals surface area contributed by atoms with Crippen molar-refractivity contribution in [2.45, 2.75) is 64.1 Å². The largest absolute Gasteiger partial charge is 0.495 e. The summed E-state index contributed by atoms with van der Waals surface area (Å²) in [6, 6.07) is 0.828. The van der Waals surface area contributed by atoms with Gasteiger partial charge in [-0.05, 0) is 55.1 Å². The van der Waals surface area contributed by atoms with Crippen LogP contribution in [-0.4, -0.2) is 70.1 Å². The predicted octanol–water partition coefficient (Wildman–Crippen LogP) is 1.91. The molecule has 0 radical (unpaired) electrons. The zero-order chi connectivity index (χ0) is 28.2. The maximum Gasteiger partial charge on any atom is 0.482 e. The Morgan fingerprint density at radius 3 is 2.55 bits per heavy atom. The second-order valence-corrected chi connectivity index (χ2v) is 13.0. The Bertz CT molecular complexity index is 1250. The van der Waals surface area contributed by atoms with Crippen LogP contribution in [0.25, 0.3) is 0 Å². The fourth-order valence-electron chi connectivity index (χ4n) is 6.39. The summed E-state index contributed by atoms with van der Waals surface area (Å²) in [5, 5.41) is 12.2. The number of rotatable bonds is 10. The molecule has 4 fully saturated rings. The number of methoxy groups -OCH3 is 1. The smallest absolute Gasteiger partial charge is 0.482 e. The number of carboxylic acid groups (broad SMARTS) is 1. The van der Waals surface area contributed by atoms with Gasteiger partial charge in [0, 0.05) is 13.0 Å².